The lowest BCUT2D eigenvalue weighted by Crippen LogP contribution is -2.29. The standard InChI is InChI=1S/C16H11N3O4/c20-19(21)12-3-1-10(2-4-12)16-13-8-15-14(22-9-23-15)7-11(13)5-6-17-18-16/h1-8,18H,9H2. The SMILES string of the molecule is O=[N+]([O-])c1ccc(C2=c3cc4c(cc3=CC=NN2)OCO4)cc1. The Morgan fingerprint density at radius 3 is 2.61 bits per heavy atom. The van der Waals surface area contributed by atoms with Crippen LogP contribution in [0.15, 0.2) is 41.5 Å². The fourth-order valence-corrected chi connectivity index (χ4v) is 2.56. The number of nitro benzene ring substituents is 1. The van der Waals surface area contributed by atoms with Gasteiger partial charge in [-0.3, -0.25) is 15.5 Å². The average molecular weight is 309 g/mol. The Bertz CT molecular complexity index is 949. The second kappa shape index (κ2) is 5.13. The van der Waals surface area contributed by atoms with E-state index in [1.807, 2.05) is 18.2 Å². The van der Waals surface area contributed by atoms with Crippen LogP contribution in [0.4, 0.5) is 5.69 Å². The largest absolute Gasteiger partial charge is 0.454 e. The molecule has 0 radical (unpaired) electrons. The minimum atomic E-state index is -0.424. The van der Waals surface area contributed by atoms with Gasteiger partial charge in [0.15, 0.2) is 11.5 Å². The van der Waals surface area contributed by atoms with Crippen molar-refractivity contribution in [2.45, 2.75) is 0 Å². The highest BCUT2D eigenvalue weighted by Gasteiger charge is 2.16. The Labute approximate surface area is 130 Å². The van der Waals surface area contributed by atoms with Crippen molar-refractivity contribution in [3.8, 4) is 11.5 Å². The van der Waals surface area contributed by atoms with Gasteiger partial charge in [-0.2, -0.15) is 5.10 Å². The first-order chi connectivity index (χ1) is 11.2. The summed E-state index contributed by atoms with van der Waals surface area (Å²) in [5.74, 6) is 1.36. The molecular formula is C16H11N3O4. The molecule has 0 aromatic heterocycles. The van der Waals surface area contributed by atoms with Crippen LogP contribution in [0.2, 0.25) is 0 Å². The number of nitro groups is 1. The molecule has 7 heteroatoms. The van der Waals surface area contributed by atoms with Crippen molar-refractivity contribution in [2.24, 2.45) is 5.10 Å². The third-order valence-corrected chi connectivity index (χ3v) is 3.69. The summed E-state index contributed by atoms with van der Waals surface area (Å²) in [6.07, 6.45) is 3.52. The third kappa shape index (κ3) is 2.28. The van der Waals surface area contributed by atoms with Gasteiger partial charge in [-0.25, -0.2) is 0 Å². The predicted octanol–water partition coefficient (Wildman–Crippen LogP) is 0.849. The monoisotopic (exact) mass is 309 g/mol. The van der Waals surface area contributed by atoms with Crippen LogP contribution >= 0.6 is 0 Å². The van der Waals surface area contributed by atoms with E-state index in [1.54, 1.807) is 18.3 Å². The lowest BCUT2D eigenvalue weighted by Gasteiger charge is -2.07. The number of hydrazone groups is 1. The van der Waals surface area contributed by atoms with Crippen LogP contribution in [0.1, 0.15) is 5.56 Å². The van der Waals surface area contributed by atoms with Gasteiger partial charge in [0.25, 0.3) is 5.69 Å². The Morgan fingerprint density at radius 2 is 1.87 bits per heavy atom. The minimum Gasteiger partial charge on any atom is -0.454 e. The molecule has 0 fully saturated rings. The van der Waals surface area contributed by atoms with Crippen LogP contribution in [0, 0.1) is 10.1 Å². The minimum absolute atomic E-state index is 0.0453. The van der Waals surface area contributed by atoms with Gasteiger partial charge in [-0.1, -0.05) is 0 Å². The molecule has 1 N–H and O–H groups in total. The van der Waals surface area contributed by atoms with Crippen molar-refractivity contribution >= 4 is 23.7 Å². The zero-order valence-electron chi connectivity index (χ0n) is 11.9. The zero-order valence-corrected chi connectivity index (χ0v) is 11.9. The van der Waals surface area contributed by atoms with Crippen LogP contribution in [-0.2, 0) is 0 Å². The number of ether oxygens (including phenoxy) is 2. The summed E-state index contributed by atoms with van der Waals surface area (Å²) in [5, 5.41) is 16.7. The highest BCUT2D eigenvalue weighted by molar-refractivity contribution is 5.92. The van der Waals surface area contributed by atoms with Crippen molar-refractivity contribution in [1.82, 2.24) is 5.43 Å². The fraction of sp³-hybridized carbons (Fsp3) is 0.0625. The van der Waals surface area contributed by atoms with Crippen molar-refractivity contribution in [3.05, 3.63) is 62.5 Å². The number of hydrogen-bond donors (Lipinski definition) is 1. The van der Waals surface area contributed by atoms with Crippen molar-refractivity contribution in [1.29, 1.82) is 0 Å². The van der Waals surface area contributed by atoms with E-state index in [9.17, 15) is 10.1 Å². The van der Waals surface area contributed by atoms with E-state index >= 15 is 0 Å². The first-order valence-corrected chi connectivity index (χ1v) is 6.90. The second-order valence-corrected chi connectivity index (χ2v) is 5.03. The molecule has 0 unspecified atom stereocenters. The van der Waals surface area contributed by atoms with Crippen molar-refractivity contribution in [3.63, 3.8) is 0 Å². The van der Waals surface area contributed by atoms with Crippen LogP contribution in [0.25, 0.3) is 11.8 Å². The smallest absolute Gasteiger partial charge is 0.269 e. The Morgan fingerprint density at radius 1 is 1.13 bits per heavy atom. The van der Waals surface area contributed by atoms with E-state index < -0.39 is 4.92 Å². The van der Waals surface area contributed by atoms with E-state index in [-0.39, 0.29) is 12.5 Å². The van der Waals surface area contributed by atoms with Crippen LogP contribution < -0.4 is 25.3 Å². The molecule has 0 spiro atoms. The fourth-order valence-electron chi connectivity index (χ4n) is 2.56. The molecule has 0 aliphatic carbocycles. The number of hydrogen-bond acceptors (Lipinski definition) is 6. The van der Waals surface area contributed by atoms with E-state index in [2.05, 4.69) is 10.5 Å². The molecule has 0 saturated heterocycles. The van der Waals surface area contributed by atoms with Gasteiger partial charge in [-0.05, 0) is 35.6 Å². The molecule has 4 rings (SSSR count). The topological polar surface area (TPSA) is 86.0 Å². The molecular weight excluding hydrogens is 298 g/mol. The number of nitrogens with zero attached hydrogens (tertiary/aromatic N) is 2. The maximum absolute atomic E-state index is 10.8. The van der Waals surface area contributed by atoms with Crippen LogP contribution in [0.5, 0.6) is 11.5 Å². The number of non-ortho nitro benzene ring substituents is 1. The molecule has 114 valence electrons. The van der Waals surface area contributed by atoms with Gasteiger partial charge in [-0.15, -0.1) is 0 Å². The number of fused-ring (bicyclic) bond motifs is 2. The lowest BCUT2D eigenvalue weighted by atomic mass is 10.1. The van der Waals surface area contributed by atoms with Gasteiger partial charge in [0.05, 0.1) is 10.6 Å². The van der Waals surface area contributed by atoms with Crippen molar-refractivity contribution in [2.75, 3.05) is 6.79 Å². The highest BCUT2D eigenvalue weighted by Crippen LogP contribution is 2.28. The quantitative estimate of drug-likeness (QED) is 0.656. The summed E-state index contributed by atoms with van der Waals surface area (Å²) >= 11 is 0. The predicted molar refractivity (Wildman–Crippen MR) is 83.5 cm³/mol. The molecule has 2 aliphatic rings. The number of nitrogens with one attached hydrogen (secondary N) is 1. The second-order valence-electron chi connectivity index (χ2n) is 5.03. The van der Waals surface area contributed by atoms with Crippen molar-refractivity contribution < 1.29 is 14.4 Å². The molecule has 2 aliphatic heterocycles. The van der Waals surface area contributed by atoms with Gasteiger partial charge >= 0.3 is 0 Å². The molecule has 2 aromatic rings. The van der Waals surface area contributed by atoms with E-state index in [0.717, 1.165) is 21.7 Å². The van der Waals surface area contributed by atoms with Gasteiger partial charge in [0.1, 0.15) is 0 Å². The van der Waals surface area contributed by atoms with Gasteiger partial charge in [0, 0.05) is 29.1 Å². The summed E-state index contributed by atoms with van der Waals surface area (Å²) in [7, 11) is 0. The Balaban J connectivity index is 1.94. The highest BCUT2D eigenvalue weighted by atomic mass is 16.7. The summed E-state index contributed by atoms with van der Waals surface area (Å²) in [4.78, 5) is 10.4. The molecule has 0 atom stereocenters. The maximum atomic E-state index is 10.8. The van der Waals surface area contributed by atoms with Gasteiger partial charge in [0.2, 0.25) is 6.79 Å². The lowest BCUT2D eigenvalue weighted by molar-refractivity contribution is -0.384. The Kier molecular flexibility index (Phi) is 2.97. The summed E-state index contributed by atoms with van der Waals surface area (Å²) in [6.45, 7) is 0.201. The number of rotatable bonds is 2. The Hall–Kier alpha value is -3.35. The van der Waals surface area contributed by atoms with E-state index in [0.29, 0.717) is 11.5 Å². The van der Waals surface area contributed by atoms with Crippen LogP contribution in [-0.4, -0.2) is 17.9 Å². The summed E-state index contributed by atoms with van der Waals surface area (Å²) < 4.78 is 10.8. The normalized spacial score (nSPS) is 14.5. The maximum Gasteiger partial charge on any atom is 0.269 e. The zero-order chi connectivity index (χ0) is 15.8. The molecule has 0 amide bonds. The van der Waals surface area contributed by atoms with E-state index in [4.69, 9.17) is 9.47 Å². The average Bonchev–Trinajstić information content (AvgIpc) is 2.91. The molecule has 2 heterocycles. The molecule has 7 nitrogen and oxygen atoms in total. The molecule has 0 bridgehead atoms. The number of benzene rings is 2. The summed E-state index contributed by atoms with van der Waals surface area (Å²) in [6, 6.07) is 10.1. The molecule has 2 aromatic carbocycles. The van der Waals surface area contributed by atoms with Crippen LogP contribution in [0.3, 0.4) is 0 Å². The molecule has 23 heavy (non-hydrogen) atoms. The third-order valence-electron chi connectivity index (χ3n) is 3.69. The summed E-state index contributed by atoms with van der Waals surface area (Å²) in [5.41, 5.74) is 4.57. The first kappa shape index (κ1) is 13.3. The first-order valence-electron chi connectivity index (χ1n) is 6.90. The van der Waals surface area contributed by atoms with E-state index in [1.165, 1.54) is 12.1 Å². The molecule has 0 saturated carbocycles. The van der Waals surface area contributed by atoms with Gasteiger partial charge < -0.3 is 9.47 Å².